The average molecular weight is 331 g/mol. The molecule has 1 heterocycles. The Kier molecular flexibility index (Phi) is 5.99. The molecular weight excluding hydrogens is 302 g/mol. The van der Waals surface area contributed by atoms with Crippen molar-refractivity contribution in [3.63, 3.8) is 0 Å². The predicted molar refractivity (Wildman–Crippen MR) is 95.5 cm³/mol. The third-order valence-corrected chi connectivity index (χ3v) is 4.67. The highest BCUT2D eigenvalue weighted by atomic mass is 16.2. The quantitative estimate of drug-likeness (QED) is 0.897. The van der Waals surface area contributed by atoms with Crippen molar-refractivity contribution in [3.05, 3.63) is 35.9 Å². The van der Waals surface area contributed by atoms with Gasteiger partial charge < -0.3 is 15.5 Å². The Morgan fingerprint density at radius 1 is 1.29 bits per heavy atom. The lowest BCUT2D eigenvalue weighted by Crippen LogP contribution is -2.48. The molecule has 0 aliphatic carbocycles. The molecule has 0 radical (unpaired) electrons. The first kappa shape index (κ1) is 18.5. The molecule has 0 aromatic heterocycles. The summed E-state index contributed by atoms with van der Waals surface area (Å²) in [5.41, 5.74) is 6.35. The first-order chi connectivity index (χ1) is 11.3. The standard InChI is InChI=1S/C19H29N3O2/c1-19(2,13-20)14-21(3)17(23)16-10-7-11-22(12-16)18(24)15-8-5-4-6-9-15/h4-6,8-9,16H,7,10-14,20H2,1-3H3. The van der Waals surface area contributed by atoms with E-state index in [9.17, 15) is 9.59 Å². The van der Waals surface area contributed by atoms with E-state index in [4.69, 9.17) is 5.73 Å². The van der Waals surface area contributed by atoms with Crippen LogP contribution in [-0.4, -0.2) is 54.8 Å². The molecule has 0 bridgehead atoms. The van der Waals surface area contributed by atoms with Crippen LogP contribution in [-0.2, 0) is 4.79 Å². The zero-order chi connectivity index (χ0) is 17.7. The van der Waals surface area contributed by atoms with Crippen LogP contribution >= 0.6 is 0 Å². The van der Waals surface area contributed by atoms with Crippen LogP contribution in [0.15, 0.2) is 30.3 Å². The molecule has 0 saturated carbocycles. The van der Waals surface area contributed by atoms with Gasteiger partial charge in [-0.25, -0.2) is 0 Å². The summed E-state index contributed by atoms with van der Waals surface area (Å²) in [5.74, 6) is 0.00474. The molecular formula is C19H29N3O2. The third kappa shape index (κ3) is 4.57. The maximum absolute atomic E-state index is 12.7. The Balaban J connectivity index is 2.00. The van der Waals surface area contributed by atoms with E-state index in [0.717, 1.165) is 19.4 Å². The van der Waals surface area contributed by atoms with Crippen molar-refractivity contribution in [2.75, 3.05) is 33.2 Å². The van der Waals surface area contributed by atoms with Crippen LogP contribution in [0.4, 0.5) is 0 Å². The van der Waals surface area contributed by atoms with E-state index < -0.39 is 0 Å². The van der Waals surface area contributed by atoms with E-state index in [0.29, 0.717) is 25.2 Å². The van der Waals surface area contributed by atoms with Gasteiger partial charge in [0.1, 0.15) is 0 Å². The fourth-order valence-electron chi connectivity index (χ4n) is 3.22. The molecule has 2 rings (SSSR count). The number of benzene rings is 1. The summed E-state index contributed by atoms with van der Waals surface area (Å²) >= 11 is 0. The van der Waals surface area contributed by atoms with Gasteiger partial charge in [0.05, 0.1) is 5.92 Å². The van der Waals surface area contributed by atoms with Crippen molar-refractivity contribution in [1.29, 1.82) is 0 Å². The lowest BCUT2D eigenvalue weighted by Gasteiger charge is -2.36. The Morgan fingerprint density at radius 2 is 1.96 bits per heavy atom. The molecule has 2 amide bonds. The number of carbonyl (C=O) groups is 2. The number of amides is 2. The van der Waals surface area contributed by atoms with E-state index in [-0.39, 0.29) is 23.1 Å². The van der Waals surface area contributed by atoms with Crippen molar-refractivity contribution in [3.8, 4) is 0 Å². The molecule has 5 heteroatoms. The first-order valence-electron chi connectivity index (χ1n) is 8.63. The molecule has 1 fully saturated rings. The minimum Gasteiger partial charge on any atom is -0.345 e. The van der Waals surface area contributed by atoms with Crippen molar-refractivity contribution < 1.29 is 9.59 Å². The number of piperidine rings is 1. The van der Waals surface area contributed by atoms with E-state index in [2.05, 4.69) is 13.8 Å². The first-order valence-corrected chi connectivity index (χ1v) is 8.63. The smallest absolute Gasteiger partial charge is 0.253 e. The fraction of sp³-hybridized carbons (Fsp3) is 0.579. The van der Waals surface area contributed by atoms with E-state index in [1.54, 1.807) is 4.90 Å². The Morgan fingerprint density at radius 3 is 2.58 bits per heavy atom. The maximum Gasteiger partial charge on any atom is 0.253 e. The maximum atomic E-state index is 12.7. The normalized spacial score (nSPS) is 18.3. The van der Waals surface area contributed by atoms with Crippen LogP contribution in [0, 0.1) is 11.3 Å². The summed E-state index contributed by atoms with van der Waals surface area (Å²) < 4.78 is 0. The summed E-state index contributed by atoms with van der Waals surface area (Å²) in [6, 6.07) is 9.27. The molecule has 5 nitrogen and oxygen atoms in total. The predicted octanol–water partition coefficient (Wildman–Crippen LogP) is 1.98. The van der Waals surface area contributed by atoms with Gasteiger partial charge in [0.2, 0.25) is 5.91 Å². The van der Waals surface area contributed by atoms with Crippen LogP contribution in [0.1, 0.15) is 37.0 Å². The second-order valence-corrected chi connectivity index (χ2v) is 7.52. The van der Waals surface area contributed by atoms with Gasteiger partial charge in [0, 0.05) is 32.2 Å². The molecule has 1 aliphatic heterocycles. The SMILES string of the molecule is CN(CC(C)(C)CN)C(=O)C1CCCN(C(=O)c2ccccc2)C1. The van der Waals surface area contributed by atoms with Crippen molar-refractivity contribution >= 4 is 11.8 Å². The summed E-state index contributed by atoms with van der Waals surface area (Å²) in [5, 5.41) is 0. The lowest BCUT2D eigenvalue weighted by atomic mass is 9.91. The van der Waals surface area contributed by atoms with Crippen LogP contribution in [0.5, 0.6) is 0 Å². The topological polar surface area (TPSA) is 66.6 Å². The number of likely N-dealkylation sites (tertiary alicyclic amines) is 1. The van der Waals surface area contributed by atoms with Gasteiger partial charge in [0.15, 0.2) is 0 Å². The molecule has 2 N–H and O–H groups in total. The van der Waals surface area contributed by atoms with E-state index >= 15 is 0 Å². The highest BCUT2D eigenvalue weighted by Gasteiger charge is 2.32. The van der Waals surface area contributed by atoms with Gasteiger partial charge in [-0.1, -0.05) is 32.0 Å². The van der Waals surface area contributed by atoms with Gasteiger partial charge in [-0.05, 0) is 36.9 Å². The van der Waals surface area contributed by atoms with Gasteiger partial charge in [-0.15, -0.1) is 0 Å². The number of hydrogen-bond donors (Lipinski definition) is 1. The van der Waals surface area contributed by atoms with E-state index in [1.165, 1.54) is 0 Å². The third-order valence-electron chi connectivity index (χ3n) is 4.67. The van der Waals surface area contributed by atoms with Crippen LogP contribution in [0.3, 0.4) is 0 Å². The number of nitrogens with zero attached hydrogens (tertiary/aromatic N) is 2. The monoisotopic (exact) mass is 331 g/mol. The number of rotatable bonds is 5. The second kappa shape index (κ2) is 7.79. The summed E-state index contributed by atoms with van der Waals surface area (Å²) in [6.07, 6.45) is 1.70. The fourth-order valence-corrected chi connectivity index (χ4v) is 3.22. The van der Waals surface area contributed by atoms with Gasteiger partial charge in [0.25, 0.3) is 5.91 Å². The Hall–Kier alpha value is -1.88. The lowest BCUT2D eigenvalue weighted by molar-refractivity contribution is -0.136. The molecule has 1 aliphatic rings. The Labute approximate surface area is 144 Å². The van der Waals surface area contributed by atoms with Crippen LogP contribution < -0.4 is 5.73 Å². The van der Waals surface area contributed by atoms with Crippen LogP contribution in [0.2, 0.25) is 0 Å². The molecule has 24 heavy (non-hydrogen) atoms. The average Bonchev–Trinajstić information content (AvgIpc) is 2.61. The zero-order valence-corrected chi connectivity index (χ0v) is 15.0. The number of hydrogen-bond acceptors (Lipinski definition) is 3. The van der Waals surface area contributed by atoms with Crippen molar-refractivity contribution in [1.82, 2.24) is 9.80 Å². The highest BCUT2D eigenvalue weighted by Crippen LogP contribution is 2.22. The zero-order valence-electron chi connectivity index (χ0n) is 15.0. The molecule has 1 aromatic rings. The van der Waals surface area contributed by atoms with E-state index in [1.807, 2.05) is 42.3 Å². The molecule has 1 saturated heterocycles. The summed E-state index contributed by atoms with van der Waals surface area (Å²) in [7, 11) is 1.83. The van der Waals surface area contributed by atoms with Gasteiger partial charge in [-0.3, -0.25) is 9.59 Å². The minimum absolute atomic E-state index is 0.0121. The molecule has 1 aromatic carbocycles. The number of nitrogens with two attached hydrogens (primary N) is 1. The van der Waals surface area contributed by atoms with Crippen molar-refractivity contribution in [2.45, 2.75) is 26.7 Å². The van der Waals surface area contributed by atoms with Gasteiger partial charge >= 0.3 is 0 Å². The second-order valence-electron chi connectivity index (χ2n) is 7.52. The molecule has 1 unspecified atom stereocenters. The Bertz CT molecular complexity index is 571. The summed E-state index contributed by atoms with van der Waals surface area (Å²) in [6.45, 7) is 6.50. The largest absolute Gasteiger partial charge is 0.345 e. The molecule has 0 spiro atoms. The minimum atomic E-state index is -0.120. The number of carbonyl (C=O) groups excluding carboxylic acids is 2. The highest BCUT2D eigenvalue weighted by molar-refractivity contribution is 5.94. The van der Waals surface area contributed by atoms with Crippen molar-refractivity contribution in [2.24, 2.45) is 17.1 Å². The van der Waals surface area contributed by atoms with Gasteiger partial charge in [-0.2, -0.15) is 0 Å². The van der Waals surface area contributed by atoms with Crippen LogP contribution in [0.25, 0.3) is 0 Å². The molecule has 1 atom stereocenters. The summed E-state index contributed by atoms with van der Waals surface area (Å²) in [4.78, 5) is 28.9. The molecule has 132 valence electrons.